The first-order chi connectivity index (χ1) is 8.97. The third kappa shape index (κ3) is 6.34. The Morgan fingerprint density at radius 1 is 1.25 bits per heavy atom. The summed E-state index contributed by atoms with van der Waals surface area (Å²) in [4.78, 5) is 22.8. The van der Waals surface area contributed by atoms with Crippen molar-refractivity contribution in [2.24, 2.45) is 0 Å². The topological polar surface area (TPSA) is 71.1 Å². The molecule has 6 heteroatoms. The summed E-state index contributed by atoms with van der Waals surface area (Å²) in [7, 11) is 0. The van der Waals surface area contributed by atoms with Gasteiger partial charge in [0.15, 0.2) is 5.79 Å². The first kappa shape index (κ1) is 16.9. The third-order valence-electron chi connectivity index (χ3n) is 2.43. The average Bonchev–Trinajstić information content (AvgIpc) is 2.08. The van der Waals surface area contributed by atoms with E-state index in [9.17, 15) is 9.59 Å². The van der Waals surface area contributed by atoms with Crippen LogP contribution in [0.4, 0.5) is 0 Å². The zero-order valence-electron chi connectivity index (χ0n) is 13.0. The summed E-state index contributed by atoms with van der Waals surface area (Å²) in [5, 5.41) is 0. The molecular weight excluding hydrogens is 264 g/mol. The van der Waals surface area contributed by atoms with Gasteiger partial charge in [0.05, 0.1) is 12.5 Å². The summed E-state index contributed by atoms with van der Waals surface area (Å²) < 4.78 is 21.4. The molecule has 1 saturated heterocycles. The van der Waals surface area contributed by atoms with Gasteiger partial charge in [0.2, 0.25) is 6.29 Å². The molecule has 116 valence electrons. The zero-order chi connectivity index (χ0) is 15.6. The summed E-state index contributed by atoms with van der Waals surface area (Å²) in [6, 6.07) is 0. The van der Waals surface area contributed by atoms with Crippen molar-refractivity contribution in [1.82, 2.24) is 0 Å². The van der Waals surface area contributed by atoms with Crippen LogP contribution in [-0.4, -0.2) is 35.7 Å². The molecule has 2 atom stereocenters. The van der Waals surface area contributed by atoms with Crippen molar-refractivity contribution in [2.75, 3.05) is 0 Å². The van der Waals surface area contributed by atoms with Crippen molar-refractivity contribution in [3.63, 3.8) is 0 Å². The number of rotatable bonds is 3. The van der Waals surface area contributed by atoms with Crippen molar-refractivity contribution < 1.29 is 28.5 Å². The molecule has 1 heterocycles. The lowest BCUT2D eigenvalue weighted by Gasteiger charge is -2.39. The summed E-state index contributed by atoms with van der Waals surface area (Å²) in [6.45, 7) is 10.2. The van der Waals surface area contributed by atoms with E-state index in [1.807, 2.05) is 0 Å². The molecule has 1 aliphatic heterocycles. The van der Waals surface area contributed by atoms with E-state index >= 15 is 0 Å². The highest BCUT2D eigenvalue weighted by Crippen LogP contribution is 2.29. The maximum absolute atomic E-state index is 11.8. The van der Waals surface area contributed by atoms with Crippen LogP contribution in [-0.2, 0) is 28.5 Å². The smallest absolute Gasteiger partial charge is 0.308 e. The van der Waals surface area contributed by atoms with E-state index in [0.717, 1.165) is 0 Å². The lowest BCUT2D eigenvalue weighted by atomic mass is 10.1. The van der Waals surface area contributed by atoms with Gasteiger partial charge >= 0.3 is 11.9 Å². The number of carbonyl (C=O) groups excluding carboxylic acids is 2. The Morgan fingerprint density at radius 2 is 1.85 bits per heavy atom. The fourth-order valence-electron chi connectivity index (χ4n) is 2.01. The first-order valence-electron chi connectivity index (χ1n) is 6.71. The molecule has 1 rings (SSSR count). The molecule has 1 aliphatic rings. The minimum absolute atomic E-state index is 0.0990. The van der Waals surface area contributed by atoms with Gasteiger partial charge in [-0.2, -0.15) is 0 Å². The van der Waals surface area contributed by atoms with Crippen molar-refractivity contribution in [2.45, 2.75) is 78.2 Å². The number of carbonyl (C=O) groups is 2. The lowest BCUT2D eigenvalue weighted by molar-refractivity contribution is -0.342. The Balaban J connectivity index is 2.60. The van der Waals surface area contributed by atoms with E-state index in [1.54, 1.807) is 34.6 Å². The van der Waals surface area contributed by atoms with Crippen LogP contribution in [0, 0.1) is 0 Å². The molecule has 20 heavy (non-hydrogen) atoms. The SMILES string of the molecule is CC(=O)O[C@H]1C[C@H](CC(=O)OC(C)(C)C)OC(C)(C)O1. The van der Waals surface area contributed by atoms with Crippen LogP contribution in [0.2, 0.25) is 0 Å². The van der Waals surface area contributed by atoms with Crippen LogP contribution in [0.1, 0.15) is 54.4 Å². The molecule has 0 unspecified atom stereocenters. The Bertz CT molecular complexity index is 368. The second-order valence-electron chi connectivity index (χ2n) is 6.32. The number of hydrogen-bond donors (Lipinski definition) is 0. The molecule has 0 N–H and O–H groups in total. The quantitative estimate of drug-likeness (QED) is 0.741. The van der Waals surface area contributed by atoms with Gasteiger partial charge < -0.3 is 18.9 Å². The predicted molar refractivity (Wildman–Crippen MR) is 70.7 cm³/mol. The number of esters is 2. The van der Waals surface area contributed by atoms with E-state index in [2.05, 4.69) is 0 Å². The number of hydrogen-bond acceptors (Lipinski definition) is 6. The molecule has 6 nitrogen and oxygen atoms in total. The van der Waals surface area contributed by atoms with Crippen LogP contribution in [0.5, 0.6) is 0 Å². The maximum Gasteiger partial charge on any atom is 0.308 e. The maximum atomic E-state index is 11.8. The highest BCUT2D eigenvalue weighted by atomic mass is 16.8. The van der Waals surface area contributed by atoms with Gasteiger partial charge in [0.25, 0.3) is 0 Å². The summed E-state index contributed by atoms with van der Waals surface area (Å²) in [6.07, 6.45) is -0.703. The predicted octanol–water partition coefficient (Wildman–Crippen LogP) is 2.15. The van der Waals surface area contributed by atoms with Gasteiger partial charge in [-0.3, -0.25) is 9.59 Å². The highest BCUT2D eigenvalue weighted by Gasteiger charge is 2.38. The molecule has 1 fully saturated rings. The van der Waals surface area contributed by atoms with E-state index in [1.165, 1.54) is 6.92 Å². The molecular formula is C14H24O6. The van der Waals surface area contributed by atoms with Crippen molar-refractivity contribution in [3.05, 3.63) is 0 Å². The van der Waals surface area contributed by atoms with Gasteiger partial charge in [0, 0.05) is 13.3 Å². The standard InChI is InChI=1S/C14H24O6/c1-9(15)17-12-8-10(18-14(5,6)20-12)7-11(16)19-13(2,3)4/h10,12H,7-8H2,1-6H3/t10-,12+/m0/s1. The van der Waals surface area contributed by atoms with Crippen LogP contribution < -0.4 is 0 Å². The summed E-state index contributed by atoms with van der Waals surface area (Å²) in [5.74, 6) is -1.68. The van der Waals surface area contributed by atoms with E-state index < -0.39 is 29.8 Å². The van der Waals surface area contributed by atoms with Crippen LogP contribution in [0.15, 0.2) is 0 Å². The first-order valence-corrected chi connectivity index (χ1v) is 6.71. The molecule has 0 radical (unpaired) electrons. The van der Waals surface area contributed by atoms with E-state index in [4.69, 9.17) is 18.9 Å². The second-order valence-corrected chi connectivity index (χ2v) is 6.32. The molecule has 0 spiro atoms. The third-order valence-corrected chi connectivity index (χ3v) is 2.43. The van der Waals surface area contributed by atoms with Gasteiger partial charge in [-0.1, -0.05) is 0 Å². The highest BCUT2D eigenvalue weighted by molar-refractivity contribution is 5.70. The molecule has 0 amide bonds. The van der Waals surface area contributed by atoms with Crippen molar-refractivity contribution >= 4 is 11.9 Å². The van der Waals surface area contributed by atoms with Crippen molar-refractivity contribution in [3.8, 4) is 0 Å². The lowest BCUT2D eigenvalue weighted by Crippen LogP contribution is -2.47. The van der Waals surface area contributed by atoms with Crippen LogP contribution >= 0.6 is 0 Å². The van der Waals surface area contributed by atoms with Crippen LogP contribution in [0.25, 0.3) is 0 Å². The Hall–Kier alpha value is -1.14. The van der Waals surface area contributed by atoms with Gasteiger partial charge in [0.1, 0.15) is 5.60 Å². The minimum Gasteiger partial charge on any atom is -0.460 e. The Morgan fingerprint density at radius 3 is 2.35 bits per heavy atom. The Labute approximate surface area is 119 Å². The van der Waals surface area contributed by atoms with Gasteiger partial charge in [-0.25, -0.2) is 0 Å². The molecule has 0 bridgehead atoms. The fourth-order valence-corrected chi connectivity index (χ4v) is 2.01. The van der Waals surface area contributed by atoms with E-state index in [0.29, 0.717) is 6.42 Å². The molecule has 0 aromatic heterocycles. The second kappa shape index (κ2) is 6.10. The molecule has 0 saturated carbocycles. The van der Waals surface area contributed by atoms with Gasteiger partial charge in [-0.05, 0) is 34.6 Å². The summed E-state index contributed by atoms with van der Waals surface area (Å²) >= 11 is 0. The number of ether oxygens (including phenoxy) is 4. The normalized spacial score (nSPS) is 25.9. The van der Waals surface area contributed by atoms with Gasteiger partial charge in [-0.15, -0.1) is 0 Å². The largest absolute Gasteiger partial charge is 0.460 e. The zero-order valence-corrected chi connectivity index (χ0v) is 13.0. The van der Waals surface area contributed by atoms with Crippen LogP contribution in [0.3, 0.4) is 0 Å². The minimum atomic E-state index is -0.912. The Kier molecular flexibility index (Phi) is 5.15. The molecule has 0 aromatic rings. The monoisotopic (exact) mass is 288 g/mol. The molecule has 0 aliphatic carbocycles. The molecule has 0 aromatic carbocycles. The fraction of sp³-hybridized carbons (Fsp3) is 0.857. The average molecular weight is 288 g/mol. The van der Waals surface area contributed by atoms with Crippen molar-refractivity contribution in [1.29, 1.82) is 0 Å². The van der Waals surface area contributed by atoms with E-state index in [-0.39, 0.29) is 12.4 Å². The summed E-state index contributed by atoms with van der Waals surface area (Å²) in [5.41, 5.74) is -0.535.